The Bertz CT molecular complexity index is 1010. The lowest BCUT2D eigenvalue weighted by Crippen LogP contribution is -2.51. The molecule has 2 fully saturated rings. The third-order valence-corrected chi connectivity index (χ3v) is 7.32. The highest BCUT2D eigenvalue weighted by molar-refractivity contribution is 6.30. The van der Waals surface area contributed by atoms with Crippen LogP contribution in [0, 0.1) is 5.92 Å². The molecule has 0 saturated carbocycles. The zero-order valence-corrected chi connectivity index (χ0v) is 19.6. The van der Waals surface area contributed by atoms with Gasteiger partial charge < -0.3 is 14.5 Å². The predicted molar refractivity (Wildman–Crippen MR) is 128 cm³/mol. The molecule has 2 aromatic carbocycles. The average Bonchev–Trinajstić information content (AvgIpc) is 3.32. The van der Waals surface area contributed by atoms with Crippen LogP contribution >= 0.6 is 11.6 Å². The average molecular weight is 468 g/mol. The number of ether oxygens (including phenoxy) is 1. The van der Waals surface area contributed by atoms with E-state index in [4.69, 9.17) is 16.3 Å². The van der Waals surface area contributed by atoms with Gasteiger partial charge in [0.1, 0.15) is 5.75 Å². The molecule has 2 aromatic rings. The molecular formula is C26H30ClN3O3. The Balaban J connectivity index is 1.08. The van der Waals surface area contributed by atoms with Gasteiger partial charge in [-0.05, 0) is 54.3 Å². The van der Waals surface area contributed by atoms with E-state index in [1.165, 1.54) is 11.1 Å². The number of carbonyl (C=O) groups is 2. The minimum atomic E-state index is 0.0162. The maximum absolute atomic E-state index is 13.1. The predicted octanol–water partition coefficient (Wildman–Crippen LogP) is 3.47. The van der Waals surface area contributed by atoms with E-state index >= 15 is 0 Å². The monoisotopic (exact) mass is 467 g/mol. The molecule has 33 heavy (non-hydrogen) atoms. The molecule has 0 bridgehead atoms. The Labute approximate surface area is 200 Å². The van der Waals surface area contributed by atoms with Gasteiger partial charge in [0.2, 0.25) is 5.91 Å². The highest BCUT2D eigenvalue weighted by atomic mass is 35.5. The Kier molecular flexibility index (Phi) is 6.56. The van der Waals surface area contributed by atoms with Crippen molar-refractivity contribution in [2.24, 2.45) is 5.92 Å². The van der Waals surface area contributed by atoms with E-state index in [-0.39, 0.29) is 17.7 Å². The smallest absolute Gasteiger partial charge is 0.253 e. The molecule has 0 aromatic heterocycles. The van der Waals surface area contributed by atoms with E-state index in [0.29, 0.717) is 23.7 Å². The number of carbonyl (C=O) groups excluding carboxylic acids is 2. The summed E-state index contributed by atoms with van der Waals surface area (Å²) in [6.45, 7) is 6.29. The summed E-state index contributed by atoms with van der Waals surface area (Å²) in [5.41, 5.74) is 3.27. The van der Waals surface area contributed by atoms with Crippen molar-refractivity contribution < 1.29 is 14.3 Å². The van der Waals surface area contributed by atoms with Crippen LogP contribution in [0.4, 0.5) is 0 Å². The molecule has 3 aliphatic rings. The van der Waals surface area contributed by atoms with Crippen molar-refractivity contribution in [2.75, 3.05) is 45.9 Å². The molecule has 0 N–H and O–H groups in total. The van der Waals surface area contributed by atoms with Gasteiger partial charge in [-0.25, -0.2) is 0 Å². The largest absolute Gasteiger partial charge is 0.493 e. The molecule has 7 heteroatoms. The van der Waals surface area contributed by atoms with Gasteiger partial charge in [0.25, 0.3) is 5.91 Å². The first-order chi connectivity index (χ1) is 16.1. The molecule has 3 aliphatic heterocycles. The maximum Gasteiger partial charge on any atom is 0.253 e. The first-order valence-corrected chi connectivity index (χ1v) is 12.3. The Hall–Kier alpha value is -2.57. The number of fused-ring (bicyclic) bond motifs is 1. The van der Waals surface area contributed by atoms with Gasteiger partial charge >= 0.3 is 0 Å². The maximum atomic E-state index is 13.1. The first kappa shape index (κ1) is 22.2. The molecule has 3 heterocycles. The number of nitrogens with zero attached hydrogens (tertiary/aromatic N) is 3. The highest BCUT2D eigenvalue weighted by Gasteiger charge is 2.32. The van der Waals surface area contributed by atoms with Gasteiger partial charge in [0.05, 0.1) is 6.61 Å². The van der Waals surface area contributed by atoms with Crippen LogP contribution in [0.15, 0.2) is 42.5 Å². The molecule has 0 unspecified atom stereocenters. The number of rotatable bonds is 4. The number of hydrogen-bond donors (Lipinski definition) is 0. The molecular weight excluding hydrogens is 438 g/mol. The second-order valence-corrected chi connectivity index (χ2v) is 9.65. The summed E-state index contributed by atoms with van der Waals surface area (Å²) in [4.78, 5) is 32.1. The molecule has 0 atom stereocenters. The number of halogens is 1. The summed E-state index contributed by atoms with van der Waals surface area (Å²) < 4.78 is 5.60. The van der Waals surface area contributed by atoms with Gasteiger partial charge in [-0.2, -0.15) is 0 Å². The van der Waals surface area contributed by atoms with Crippen LogP contribution in [-0.4, -0.2) is 72.4 Å². The van der Waals surface area contributed by atoms with Crippen molar-refractivity contribution in [1.29, 1.82) is 0 Å². The SMILES string of the molecule is O=C(c1ccc(Cl)cc1)N1CCC(C(=O)N2CCN(Cc3ccc4c(c3)CCO4)CC2)CC1. The Morgan fingerprint density at radius 3 is 2.36 bits per heavy atom. The molecule has 2 amide bonds. The standard InChI is InChI=1S/C26H30ClN3O3/c27-23-4-2-20(3-5-23)25(31)29-10-7-21(8-11-29)26(32)30-14-12-28(13-15-30)18-19-1-6-24-22(17-19)9-16-33-24/h1-6,17,21H,7-16,18H2. The fourth-order valence-electron chi connectivity index (χ4n) is 5.09. The number of hydrogen-bond acceptors (Lipinski definition) is 4. The second-order valence-electron chi connectivity index (χ2n) is 9.22. The fourth-order valence-corrected chi connectivity index (χ4v) is 5.21. The lowest BCUT2D eigenvalue weighted by molar-refractivity contribution is -0.138. The zero-order valence-electron chi connectivity index (χ0n) is 18.8. The second kappa shape index (κ2) is 9.74. The summed E-state index contributed by atoms with van der Waals surface area (Å²) in [6.07, 6.45) is 2.46. The summed E-state index contributed by atoms with van der Waals surface area (Å²) >= 11 is 5.92. The summed E-state index contributed by atoms with van der Waals surface area (Å²) in [5.74, 6) is 1.31. The van der Waals surface area contributed by atoms with E-state index in [9.17, 15) is 9.59 Å². The van der Waals surface area contributed by atoms with Gasteiger partial charge in [-0.1, -0.05) is 23.7 Å². The number of piperazine rings is 1. The van der Waals surface area contributed by atoms with Crippen LogP contribution in [0.2, 0.25) is 5.02 Å². The molecule has 0 radical (unpaired) electrons. The van der Waals surface area contributed by atoms with Crippen molar-refractivity contribution in [3.63, 3.8) is 0 Å². The van der Waals surface area contributed by atoms with E-state index in [2.05, 4.69) is 23.1 Å². The molecule has 0 spiro atoms. The van der Waals surface area contributed by atoms with Gasteiger partial charge in [-0.3, -0.25) is 14.5 Å². The number of likely N-dealkylation sites (tertiary alicyclic amines) is 1. The molecule has 174 valence electrons. The van der Waals surface area contributed by atoms with E-state index < -0.39 is 0 Å². The number of piperidine rings is 1. The molecule has 5 rings (SSSR count). The summed E-state index contributed by atoms with van der Waals surface area (Å²) in [5, 5.41) is 0.623. The minimum absolute atomic E-state index is 0.0162. The fraction of sp³-hybridized carbons (Fsp3) is 0.462. The lowest BCUT2D eigenvalue weighted by atomic mass is 9.94. The van der Waals surface area contributed by atoms with Crippen LogP contribution in [0.25, 0.3) is 0 Å². The van der Waals surface area contributed by atoms with Gasteiger partial charge in [0, 0.05) is 68.7 Å². The van der Waals surface area contributed by atoms with Crippen LogP contribution < -0.4 is 4.74 Å². The molecule has 0 aliphatic carbocycles. The summed E-state index contributed by atoms with van der Waals surface area (Å²) in [6, 6.07) is 13.5. The minimum Gasteiger partial charge on any atom is -0.493 e. The third kappa shape index (κ3) is 5.02. The Morgan fingerprint density at radius 2 is 1.64 bits per heavy atom. The molecule has 6 nitrogen and oxygen atoms in total. The van der Waals surface area contributed by atoms with Crippen LogP contribution in [0.5, 0.6) is 5.75 Å². The van der Waals surface area contributed by atoms with Crippen LogP contribution in [0.1, 0.15) is 34.3 Å². The van der Waals surface area contributed by atoms with Crippen molar-refractivity contribution in [1.82, 2.24) is 14.7 Å². The first-order valence-electron chi connectivity index (χ1n) is 11.9. The van der Waals surface area contributed by atoms with Crippen LogP contribution in [0.3, 0.4) is 0 Å². The van der Waals surface area contributed by atoms with Crippen molar-refractivity contribution >= 4 is 23.4 Å². The number of benzene rings is 2. The van der Waals surface area contributed by atoms with Gasteiger partial charge in [-0.15, -0.1) is 0 Å². The van der Waals surface area contributed by atoms with E-state index in [0.717, 1.165) is 64.3 Å². The van der Waals surface area contributed by atoms with Crippen molar-refractivity contribution in [3.8, 4) is 5.75 Å². The summed E-state index contributed by atoms with van der Waals surface area (Å²) in [7, 11) is 0. The third-order valence-electron chi connectivity index (χ3n) is 7.07. The number of amides is 2. The van der Waals surface area contributed by atoms with Crippen LogP contribution in [-0.2, 0) is 17.8 Å². The lowest BCUT2D eigenvalue weighted by Gasteiger charge is -2.38. The van der Waals surface area contributed by atoms with Crippen molar-refractivity contribution in [2.45, 2.75) is 25.8 Å². The Morgan fingerprint density at radius 1 is 0.909 bits per heavy atom. The quantitative estimate of drug-likeness (QED) is 0.691. The van der Waals surface area contributed by atoms with E-state index in [1.54, 1.807) is 24.3 Å². The van der Waals surface area contributed by atoms with Gasteiger partial charge in [0.15, 0.2) is 0 Å². The topological polar surface area (TPSA) is 53.1 Å². The molecule has 2 saturated heterocycles. The van der Waals surface area contributed by atoms with E-state index in [1.807, 2.05) is 9.80 Å². The van der Waals surface area contributed by atoms with Crippen molar-refractivity contribution in [3.05, 3.63) is 64.2 Å². The zero-order chi connectivity index (χ0) is 22.8. The normalized spacial score (nSPS) is 19.3. The highest BCUT2D eigenvalue weighted by Crippen LogP contribution is 2.27.